The highest BCUT2D eigenvalue weighted by atomic mass is 16.6. The van der Waals surface area contributed by atoms with Gasteiger partial charge in [-0.05, 0) is 39.0 Å². The fraction of sp³-hybridized carbons (Fsp3) is 0.444. The standard InChI is InChI=1S/C27H30N2O6/c1-18(24(30)31)35-25(32)28(22-13-14-22)27-15-7-11-21(27)16-20-10-5-6-12-23(20)29(27,26(33)34)17-19-8-3-2-4-9-19/h2-6,8-10,12,18,21-22H,7,11,13-17H2,1H3,(H-,30,31,33,34)/p+1/t18-,21+,27+,29+/m0/s1. The van der Waals surface area contributed by atoms with Crippen LogP contribution < -0.4 is 4.48 Å². The van der Waals surface area contributed by atoms with Crippen molar-refractivity contribution in [2.24, 2.45) is 5.92 Å². The van der Waals surface area contributed by atoms with Crippen molar-refractivity contribution in [3.8, 4) is 0 Å². The number of quaternary nitrogens is 1. The molecule has 1 aliphatic heterocycles. The van der Waals surface area contributed by atoms with Gasteiger partial charge < -0.3 is 14.9 Å². The van der Waals surface area contributed by atoms with Crippen molar-refractivity contribution in [1.82, 2.24) is 9.38 Å². The zero-order chi connectivity index (χ0) is 24.8. The molecule has 35 heavy (non-hydrogen) atoms. The Balaban J connectivity index is 1.74. The average molecular weight is 480 g/mol. The summed E-state index contributed by atoms with van der Waals surface area (Å²) < 4.78 is 5.00. The van der Waals surface area contributed by atoms with Gasteiger partial charge in [-0.15, -0.1) is 0 Å². The van der Waals surface area contributed by atoms with E-state index in [1.807, 2.05) is 54.6 Å². The van der Waals surface area contributed by atoms with E-state index >= 15 is 0 Å². The summed E-state index contributed by atoms with van der Waals surface area (Å²) in [6.07, 6.45) is 1.18. The largest absolute Gasteiger partial charge is 0.521 e. The van der Waals surface area contributed by atoms with Gasteiger partial charge in [0.2, 0.25) is 0 Å². The predicted molar refractivity (Wildman–Crippen MR) is 129 cm³/mol. The average Bonchev–Trinajstić information content (AvgIpc) is 3.57. The number of fused-ring (bicyclic) bond motifs is 2. The van der Waals surface area contributed by atoms with Crippen molar-refractivity contribution in [1.29, 1.82) is 0 Å². The van der Waals surface area contributed by atoms with Gasteiger partial charge >= 0.3 is 18.2 Å². The van der Waals surface area contributed by atoms with Gasteiger partial charge in [0, 0.05) is 35.6 Å². The Kier molecular flexibility index (Phi) is 5.79. The highest BCUT2D eigenvalue weighted by Crippen LogP contribution is 2.58. The number of nitrogens with zero attached hydrogens (tertiary/aromatic N) is 2. The van der Waals surface area contributed by atoms with Crippen LogP contribution in [-0.4, -0.2) is 51.1 Å². The Morgan fingerprint density at radius 3 is 2.40 bits per heavy atom. The summed E-state index contributed by atoms with van der Waals surface area (Å²) >= 11 is 0. The number of carbonyl (C=O) groups is 3. The van der Waals surface area contributed by atoms with Crippen LogP contribution in [0.3, 0.4) is 0 Å². The molecule has 8 nitrogen and oxygen atoms in total. The molecule has 184 valence electrons. The number of carboxylic acids is 1. The fourth-order valence-electron chi connectivity index (χ4n) is 6.47. The van der Waals surface area contributed by atoms with Crippen molar-refractivity contribution in [3.63, 3.8) is 0 Å². The third-order valence-electron chi connectivity index (χ3n) is 8.02. The molecule has 2 saturated carbocycles. The van der Waals surface area contributed by atoms with E-state index < -0.39 is 34.4 Å². The Bertz CT molecular complexity index is 1150. The smallest absolute Gasteiger partial charge is 0.479 e. The highest BCUT2D eigenvalue weighted by molar-refractivity contribution is 5.86. The number of hydrogen-bond acceptors (Lipinski definition) is 4. The topological polar surface area (TPSA) is 104 Å². The molecular formula is C27H31N2O6+. The van der Waals surface area contributed by atoms with Crippen LogP contribution in [0.2, 0.25) is 0 Å². The Labute approximate surface area is 204 Å². The minimum absolute atomic E-state index is 0.0921. The van der Waals surface area contributed by atoms with Gasteiger partial charge in [0.25, 0.3) is 0 Å². The summed E-state index contributed by atoms with van der Waals surface area (Å²) in [7, 11) is 0. The van der Waals surface area contributed by atoms with Gasteiger partial charge in [0.15, 0.2) is 11.8 Å². The summed E-state index contributed by atoms with van der Waals surface area (Å²) in [5.74, 6) is -1.32. The van der Waals surface area contributed by atoms with Crippen molar-refractivity contribution in [2.75, 3.05) is 0 Å². The molecule has 4 atom stereocenters. The quantitative estimate of drug-likeness (QED) is 0.565. The minimum atomic E-state index is -1.32. The first-order valence-corrected chi connectivity index (χ1v) is 12.3. The van der Waals surface area contributed by atoms with E-state index in [0.29, 0.717) is 18.5 Å². The zero-order valence-electron chi connectivity index (χ0n) is 19.8. The summed E-state index contributed by atoms with van der Waals surface area (Å²) in [5, 5.41) is 20.5. The van der Waals surface area contributed by atoms with E-state index in [1.165, 1.54) is 6.92 Å². The normalized spacial score (nSPS) is 27.9. The number of aliphatic carboxylic acids is 1. The van der Waals surface area contributed by atoms with Crippen molar-refractivity contribution in [3.05, 3.63) is 65.7 Å². The number of carboxylic acid groups (broad SMARTS) is 2. The Morgan fingerprint density at radius 1 is 1.06 bits per heavy atom. The van der Waals surface area contributed by atoms with E-state index in [0.717, 1.165) is 36.8 Å². The molecule has 2 amide bonds. The number of amides is 2. The van der Waals surface area contributed by atoms with Crippen LogP contribution in [0.5, 0.6) is 0 Å². The lowest BCUT2D eigenvalue weighted by Gasteiger charge is -2.57. The second kappa shape index (κ2) is 8.68. The van der Waals surface area contributed by atoms with Gasteiger partial charge in [0.05, 0.1) is 0 Å². The molecule has 0 unspecified atom stereocenters. The van der Waals surface area contributed by atoms with Crippen LogP contribution in [0.25, 0.3) is 0 Å². The summed E-state index contributed by atoms with van der Waals surface area (Å²) in [5.41, 5.74) is 1.45. The number of ether oxygens (including phenoxy) is 1. The molecule has 5 rings (SSSR count). The third kappa shape index (κ3) is 3.58. The number of para-hydroxylation sites is 1. The molecule has 0 spiro atoms. The van der Waals surface area contributed by atoms with E-state index in [4.69, 9.17) is 4.74 Å². The van der Waals surface area contributed by atoms with Crippen LogP contribution in [0, 0.1) is 5.92 Å². The van der Waals surface area contributed by atoms with Crippen LogP contribution in [-0.2, 0) is 22.5 Å². The van der Waals surface area contributed by atoms with Crippen LogP contribution in [0.1, 0.15) is 50.2 Å². The third-order valence-corrected chi connectivity index (χ3v) is 8.02. The van der Waals surface area contributed by atoms with Crippen molar-refractivity contribution < 1.29 is 29.3 Å². The lowest BCUT2D eigenvalue weighted by atomic mass is 9.78. The summed E-state index contributed by atoms with van der Waals surface area (Å²) in [6.45, 7) is 1.50. The van der Waals surface area contributed by atoms with Gasteiger partial charge in [-0.2, -0.15) is 9.28 Å². The molecule has 8 heteroatoms. The molecule has 2 fully saturated rings. The molecule has 1 heterocycles. The van der Waals surface area contributed by atoms with E-state index in [-0.39, 0.29) is 18.5 Å². The maximum atomic E-state index is 13.7. The maximum absolute atomic E-state index is 13.7. The molecule has 0 radical (unpaired) electrons. The lowest BCUT2D eigenvalue weighted by Crippen LogP contribution is -2.79. The minimum Gasteiger partial charge on any atom is -0.479 e. The molecule has 2 aromatic carbocycles. The molecule has 2 N–H and O–H groups in total. The van der Waals surface area contributed by atoms with E-state index in [1.54, 1.807) is 4.90 Å². The Morgan fingerprint density at radius 2 is 1.74 bits per heavy atom. The molecule has 0 saturated heterocycles. The molecule has 0 bridgehead atoms. The first-order chi connectivity index (χ1) is 16.8. The number of carbonyl (C=O) groups excluding carboxylic acids is 1. The van der Waals surface area contributed by atoms with Crippen molar-refractivity contribution in [2.45, 2.75) is 69.8 Å². The van der Waals surface area contributed by atoms with Crippen LogP contribution in [0.4, 0.5) is 15.3 Å². The molecule has 2 aliphatic carbocycles. The van der Waals surface area contributed by atoms with Gasteiger partial charge in [-0.25, -0.2) is 9.59 Å². The van der Waals surface area contributed by atoms with Gasteiger partial charge in [-0.1, -0.05) is 48.5 Å². The summed E-state index contributed by atoms with van der Waals surface area (Å²) in [6, 6.07) is 17.0. The van der Waals surface area contributed by atoms with Gasteiger partial charge in [-0.3, -0.25) is 4.90 Å². The summed E-state index contributed by atoms with van der Waals surface area (Å²) in [4.78, 5) is 40.4. The number of rotatable bonds is 6. The second-order valence-corrected chi connectivity index (χ2v) is 10.0. The monoisotopic (exact) mass is 479 g/mol. The lowest BCUT2D eigenvalue weighted by molar-refractivity contribution is -0.148. The predicted octanol–water partition coefficient (Wildman–Crippen LogP) is 5.00. The van der Waals surface area contributed by atoms with E-state index in [2.05, 4.69) is 0 Å². The second-order valence-electron chi connectivity index (χ2n) is 10.0. The zero-order valence-corrected chi connectivity index (χ0v) is 19.8. The highest BCUT2D eigenvalue weighted by Gasteiger charge is 2.72. The molecule has 2 aromatic rings. The number of benzene rings is 2. The molecule has 3 aliphatic rings. The van der Waals surface area contributed by atoms with Crippen molar-refractivity contribution >= 4 is 23.8 Å². The molecular weight excluding hydrogens is 448 g/mol. The number of hydrogen-bond donors (Lipinski definition) is 2. The van der Waals surface area contributed by atoms with Crippen LogP contribution >= 0.6 is 0 Å². The van der Waals surface area contributed by atoms with Crippen LogP contribution in [0.15, 0.2) is 54.6 Å². The Hall–Kier alpha value is -3.39. The first-order valence-electron chi connectivity index (χ1n) is 12.3. The molecule has 0 aromatic heterocycles. The maximum Gasteiger partial charge on any atom is 0.521 e. The van der Waals surface area contributed by atoms with Gasteiger partial charge in [0.1, 0.15) is 12.2 Å². The fourth-order valence-corrected chi connectivity index (χ4v) is 6.47. The first kappa shape index (κ1) is 23.4. The van der Waals surface area contributed by atoms with E-state index in [9.17, 15) is 24.6 Å². The SMILES string of the molecule is C[C@H](OC(=O)N(C1CC1)[C@@]12CCC[C@@H]1Cc1ccccc1[N@+]2(Cc1ccccc1)C(=O)O)C(=O)O.